The van der Waals surface area contributed by atoms with E-state index in [9.17, 15) is 57.8 Å². The molecule has 83 heavy (non-hydrogen) atoms. The summed E-state index contributed by atoms with van der Waals surface area (Å²) in [6, 6.07) is 27.1. The molecule has 12 N–H and O–H groups in total. The lowest BCUT2D eigenvalue weighted by atomic mass is 10.1. The number of nitrogens with two attached hydrogens (primary N) is 2. The first-order valence-electron chi connectivity index (χ1n) is 22.6. The summed E-state index contributed by atoms with van der Waals surface area (Å²) in [5.74, 6) is -2.90. The summed E-state index contributed by atoms with van der Waals surface area (Å²) in [6.45, 7) is -0.551. The fourth-order valence-electron chi connectivity index (χ4n) is 7.17. The van der Waals surface area contributed by atoms with Gasteiger partial charge in [0, 0.05) is 22.1 Å². The molecule has 0 spiro atoms. The zero-order valence-electron chi connectivity index (χ0n) is 41.3. The van der Waals surface area contributed by atoms with Gasteiger partial charge in [-0.15, -0.1) is 24.8 Å². The van der Waals surface area contributed by atoms with Crippen LogP contribution in [0.5, 0.6) is 5.75 Å². The molecular weight excluding hydrogens is 1220 g/mol. The Morgan fingerprint density at radius 1 is 0.627 bits per heavy atom. The van der Waals surface area contributed by atoms with Crippen LogP contribution >= 0.6 is 23.9 Å². The molecule has 0 saturated heterocycles. The molecule has 0 bridgehead atoms. The number of halogens is 1. The number of nitrogens with zero attached hydrogens (tertiary/aromatic N) is 9. The molecule has 0 saturated carbocycles. The smallest absolute Gasteiger partial charge is 0.337 e. The number of nitrogens with one attached hydrogen (secondary N) is 3. The van der Waals surface area contributed by atoms with E-state index in [1.165, 1.54) is 78.9 Å². The van der Waals surface area contributed by atoms with Gasteiger partial charge in [-0.3, -0.25) is 18.0 Å². The first kappa shape index (κ1) is 60.2. The molecule has 8 aromatic rings. The summed E-state index contributed by atoms with van der Waals surface area (Å²) >= 11 is 6.20. The molecular formula is C46H37ClN14O17S5. The van der Waals surface area contributed by atoms with Gasteiger partial charge in [0.1, 0.15) is 32.5 Å². The molecule has 0 aliphatic rings. The third kappa shape index (κ3) is 15.0. The number of phenolic OH excluding ortho intramolecular Hbond substituents is 1. The number of carboxylic acid groups (broad SMARTS) is 1. The van der Waals surface area contributed by atoms with Crippen LogP contribution < -0.4 is 26.8 Å². The summed E-state index contributed by atoms with van der Waals surface area (Å²) in [5.41, 5.74) is 12.0. The van der Waals surface area contributed by atoms with E-state index in [2.05, 4.69) is 70.4 Å². The first-order valence-corrected chi connectivity index (χ1v) is 29.7. The van der Waals surface area contributed by atoms with Crippen molar-refractivity contribution in [2.75, 3.05) is 39.2 Å². The van der Waals surface area contributed by atoms with Gasteiger partial charge in [-0.2, -0.15) is 42.0 Å². The highest BCUT2D eigenvalue weighted by atomic mass is 35.5. The molecule has 430 valence electrons. The summed E-state index contributed by atoms with van der Waals surface area (Å²) in [6.07, 6.45) is 0. The number of hydrogen-bond acceptors (Lipinski definition) is 28. The Labute approximate surface area is 477 Å². The Kier molecular flexibility index (Phi) is 18.2. The van der Waals surface area contributed by atoms with E-state index in [4.69, 9.17) is 32.5 Å². The van der Waals surface area contributed by atoms with Crippen LogP contribution in [0, 0.1) is 0 Å². The van der Waals surface area contributed by atoms with Gasteiger partial charge in [-0.25, -0.2) is 26.9 Å². The lowest BCUT2D eigenvalue weighted by Crippen LogP contribution is -2.12. The molecule has 7 aromatic carbocycles. The standard InChI is InChI=1S/C46H37ClN14O17S5/c47-44-52-45(54-46(53-44)51-35-4-2-1-3-31(35)43(63)64)50-27-11-17-36(34(49)21-27)57-55-24-5-7-26(8-6-24)61-81(68,69)28-12-9-25(10-13-28)56-59-40-32-23-39(83(73,74)75)41(42(62)30(32)15-16-33(40)48)60-58-37-18-14-29(22-38(37)82(70,71)72)80(66,67)20-19-76-79-78-77-65/h1-18,21-23,61-62,65H,19-20,48-49H2,(H,63,64)(H,70,71,72)(H,73,74,75)(H2,50,51,52,53,54)/b57-55+,59-56+,60-58?. The first-order chi connectivity index (χ1) is 39.3. The van der Waals surface area contributed by atoms with Crippen molar-refractivity contribution < 1.29 is 76.6 Å². The average Bonchev–Trinajstić information content (AvgIpc) is 2.65. The summed E-state index contributed by atoms with van der Waals surface area (Å²) in [7, 11) is -19.1. The van der Waals surface area contributed by atoms with Gasteiger partial charge in [0.2, 0.25) is 17.2 Å². The number of sulfonamides is 1. The van der Waals surface area contributed by atoms with Crippen LogP contribution in [0.1, 0.15) is 10.4 Å². The van der Waals surface area contributed by atoms with Gasteiger partial charge >= 0.3 is 5.97 Å². The predicted molar refractivity (Wildman–Crippen MR) is 298 cm³/mol. The predicted octanol–water partition coefficient (Wildman–Crippen LogP) is 10.0. The second kappa shape index (κ2) is 25.1. The maximum Gasteiger partial charge on any atom is 0.337 e. The topological polar surface area (TPSA) is 483 Å². The average molecular weight is 1250 g/mol. The number of hydrogen-bond donors (Lipinski definition) is 10. The Morgan fingerprint density at radius 3 is 1.89 bits per heavy atom. The Bertz CT molecular complexity index is 4400. The zero-order chi connectivity index (χ0) is 59.9. The van der Waals surface area contributed by atoms with E-state index in [0.29, 0.717) is 17.4 Å². The largest absolute Gasteiger partial charge is 0.505 e. The number of anilines is 7. The fourth-order valence-corrected chi connectivity index (χ4v) is 11.2. The zero-order valence-corrected chi connectivity index (χ0v) is 46.1. The lowest BCUT2D eigenvalue weighted by Gasteiger charge is -2.12. The lowest BCUT2D eigenvalue weighted by molar-refractivity contribution is -0.434. The van der Waals surface area contributed by atoms with Gasteiger partial charge < -0.3 is 32.3 Å². The third-order valence-electron chi connectivity index (χ3n) is 11.0. The van der Waals surface area contributed by atoms with Crippen molar-refractivity contribution in [3.63, 3.8) is 0 Å². The maximum atomic E-state index is 13.4. The molecule has 0 amide bonds. The number of aromatic carboxylic acids is 1. The van der Waals surface area contributed by atoms with Gasteiger partial charge in [-0.05, 0) is 127 Å². The summed E-state index contributed by atoms with van der Waals surface area (Å²) < 4.78 is 134. The van der Waals surface area contributed by atoms with Crippen LogP contribution in [-0.4, -0.2) is 91.5 Å². The summed E-state index contributed by atoms with van der Waals surface area (Å²) in [5, 5.41) is 61.3. The van der Waals surface area contributed by atoms with Gasteiger partial charge in [-0.1, -0.05) is 17.2 Å². The highest BCUT2D eigenvalue weighted by Gasteiger charge is 2.26. The highest BCUT2D eigenvalue weighted by molar-refractivity contribution is 7.93. The van der Waals surface area contributed by atoms with Crippen molar-refractivity contribution in [2.24, 2.45) is 30.7 Å². The second-order valence-corrected chi connectivity index (χ2v) is 23.9. The van der Waals surface area contributed by atoms with E-state index in [0.717, 1.165) is 18.2 Å². The van der Waals surface area contributed by atoms with Crippen molar-refractivity contribution in [3.05, 3.63) is 138 Å². The van der Waals surface area contributed by atoms with Crippen molar-refractivity contribution >= 4 is 155 Å². The Balaban J connectivity index is 0.936. The number of aromatic nitrogens is 3. The quantitative estimate of drug-likeness (QED) is 0.00541. The number of azo groups is 3. The van der Waals surface area contributed by atoms with Crippen LogP contribution in [0.2, 0.25) is 5.28 Å². The monoisotopic (exact) mass is 1250 g/mol. The molecule has 0 aliphatic carbocycles. The van der Waals surface area contributed by atoms with Crippen molar-refractivity contribution in [1.82, 2.24) is 15.0 Å². The van der Waals surface area contributed by atoms with E-state index in [1.54, 1.807) is 24.3 Å². The van der Waals surface area contributed by atoms with Crippen molar-refractivity contribution in [2.45, 2.75) is 19.6 Å². The minimum absolute atomic E-state index is 0.0141. The van der Waals surface area contributed by atoms with Crippen LogP contribution in [0.15, 0.2) is 178 Å². The molecule has 0 unspecified atom stereocenters. The number of phenols is 1. The van der Waals surface area contributed by atoms with Crippen LogP contribution in [-0.2, 0) is 53.7 Å². The number of benzene rings is 7. The number of fused-ring (bicyclic) bond motifs is 1. The molecule has 1 aromatic heterocycles. The number of rotatable bonds is 23. The number of aromatic hydroxyl groups is 1. The number of carboxylic acids is 1. The van der Waals surface area contributed by atoms with Gasteiger partial charge in [0.25, 0.3) is 30.3 Å². The number of nitrogen functional groups attached to an aromatic ring is 2. The molecule has 0 radical (unpaired) electrons. The molecule has 31 nitrogen and oxygen atoms in total. The minimum atomic E-state index is -5.32. The number of para-hydroxylation sites is 1. The maximum absolute atomic E-state index is 13.4. The SMILES string of the molecule is Nc1cc(Nc2nc(Cl)nc(Nc3ccccc3C(=O)O)n2)ccc1/N=N/c1ccc(NS(=O)(=O)c2ccc(/N=N/c3c(N)ccc4c(O)c(N=Nc5ccc(S(=O)(=O)CCOSOOO)cc5S(=O)(=O)O)c(S(=O)(=O)O)cc34)cc2)cc1. The molecule has 8 rings (SSSR count). The highest BCUT2D eigenvalue weighted by Crippen LogP contribution is 2.46. The van der Waals surface area contributed by atoms with Crippen molar-refractivity contribution in [1.29, 1.82) is 0 Å². The summed E-state index contributed by atoms with van der Waals surface area (Å²) in [4.78, 5) is 20.9. The van der Waals surface area contributed by atoms with Crippen LogP contribution in [0.25, 0.3) is 10.8 Å². The van der Waals surface area contributed by atoms with E-state index >= 15 is 0 Å². The Hall–Kier alpha value is -8.92. The molecule has 37 heteroatoms. The van der Waals surface area contributed by atoms with Gasteiger partial charge in [0.15, 0.2) is 27.9 Å². The van der Waals surface area contributed by atoms with E-state index in [1.807, 2.05) is 0 Å². The van der Waals surface area contributed by atoms with E-state index in [-0.39, 0.29) is 90.5 Å². The molecule has 0 aliphatic heterocycles. The number of carbonyl (C=O) groups is 1. The minimum Gasteiger partial charge on any atom is -0.505 e. The molecule has 0 fully saturated rings. The van der Waals surface area contributed by atoms with Crippen LogP contribution in [0.4, 0.5) is 74.5 Å². The van der Waals surface area contributed by atoms with E-state index < -0.39 is 90.2 Å². The normalized spacial score (nSPS) is 12.4. The molecule has 1 heterocycles. The fraction of sp³-hybridized carbons (Fsp3) is 0.0435. The Morgan fingerprint density at radius 2 is 1.23 bits per heavy atom. The second-order valence-electron chi connectivity index (χ2n) is 16.5. The van der Waals surface area contributed by atoms with Crippen molar-refractivity contribution in [3.8, 4) is 5.75 Å². The third-order valence-corrected chi connectivity index (χ3v) is 16.4. The number of sulfone groups is 1. The van der Waals surface area contributed by atoms with Gasteiger partial charge in [0.05, 0.1) is 56.2 Å². The van der Waals surface area contributed by atoms with Crippen LogP contribution in [0.3, 0.4) is 0 Å². The molecule has 0 atom stereocenters.